The topological polar surface area (TPSA) is 63.5 Å². The molecule has 0 amide bonds. The molecule has 3 rings (SSSR count). The third-order valence-corrected chi connectivity index (χ3v) is 4.03. The van der Waals surface area contributed by atoms with Crippen LogP contribution in [-0.4, -0.2) is 23.3 Å². The van der Waals surface area contributed by atoms with Crippen LogP contribution in [0.5, 0.6) is 0 Å². The third kappa shape index (κ3) is 2.66. The molecule has 0 unspecified atom stereocenters. The summed E-state index contributed by atoms with van der Waals surface area (Å²) in [5.41, 5.74) is 1.01. The highest BCUT2D eigenvalue weighted by molar-refractivity contribution is 5.98. The summed E-state index contributed by atoms with van der Waals surface area (Å²) in [6, 6.07) is 5.54. The first-order valence-electron chi connectivity index (χ1n) is 7.12. The number of nitro benzene ring substituents is 1. The summed E-state index contributed by atoms with van der Waals surface area (Å²) in [5, 5.41) is 11.2. The fourth-order valence-electron chi connectivity index (χ4n) is 2.58. The summed E-state index contributed by atoms with van der Waals surface area (Å²) in [7, 11) is 0. The Hall–Kier alpha value is -1.91. The van der Waals surface area contributed by atoms with Crippen molar-refractivity contribution in [3.63, 3.8) is 0 Å². The highest BCUT2D eigenvalue weighted by Gasteiger charge is 2.34. The van der Waals surface area contributed by atoms with Gasteiger partial charge in [-0.1, -0.05) is 0 Å². The lowest BCUT2D eigenvalue weighted by Gasteiger charge is -2.24. The maximum Gasteiger partial charge on any atom is 0.282 e. The first-order valence-corrected chi connectivity index (χ1v) is 7.12. The Balaban J connectivity index is 1.93. The smallest absolute Gasteiger partial charge is 0.282 e. The van der Waals surface area contributed by atoms with Gasteiger partial charge in [-0.3, -0.25) is 14.9 Å². The monoisotopic (exact) mass is 274 g/mol. The van der Waals surface area contributed by atoms with Crippen molar-refractivity contribution in [1.82, 2.24) is 0 Å². The maximum absolute atomic E-state index is 11.5. The number of Topliss-reactive ketones (excluding diaryl/α,β-unsaturated/α-hetero) is 1. The molecule has 0 radical (unpaired) electrons. The molecule has 106 valence electrons. The van der Waals surface area contributed by atoms with E-state index in [1.54, 1.807) is 12.1 Å². The lowest BCUT2D eigenvalue weighted by atomic mass is 10.1. The van der Waals surface area contributed by atoms with E-state index in [1.807, 2.05) is 6.07 Å². The van der Waals surface area contributed by atoms with E-state index in [4.69, 9.17) is 0 Å². The van der Waals surface area contributed by atoms with Gasteiger partial charge in [-0.25, -0.2) is 0 Å². The molecule has 0 N–H and O–H groups in total. The van der Waals surface area contributed by atoms with Crippen molar-refractivity contribution in [2.75, 3.05) is 11.4 Å². The average molecular weight is 274 g/mol. The number of hydrogen-bond donors (Lipinski definition) is 0. The van der Waals surface area contributed by atoms with E-state index in [0.717, 1.165) is 31.0 Å². The number of nitro groups is 1. The number of anilines is 1. The number of carbonyl (C=O) groups is 1. The van der Waals surface area contributed by atoms with Crippen molar-refractivity contribution in [1.29, 1.82) is 0 Å². The molecule has 2 aliphatic carbocycles. The molecule has 0 spiro atoms. The summed E-state index contributed by atoms with van der Waals surface area (Å²) in [6.45, 7) is 2.35. The lowest BCUT2D eigenvalue weighted by Crippen LogP contribution is -2.28. The van der Waals surface area contributed by atoms with Crippen LogP contribution in [0.4, 0.5) is 11.4 Å². The highest BCUT2D eigenvalue weighted by atomic mass is 16.6. The third-order valence-electron chi connectivity index (χ3n) is 4.03. The molecule has 0 aromatic heterocycles. The van der Waals surface area contributed by atoms with Crippen molar-refractivity contribution in [3.8, 4) is 0 Å². The molecule has 2 saturated carbocycles. The van der Waals surface area contributed by atoms with Gasteiger partial charge in [0.1, 0.15) is 0 Å². The molecule has 0 heterocycles. The molecule has 0 atom stereocenters. The van der Waals surface area contributed by atoms with Gasteiger partial charge in [-0.15, -0.1) is 0 Å². The van der Waals surface area contributed by atoms with Crippen LogP contribution in [0.3, 0.4) is 0 Å². The largest absolute Gasteiger partial charge is 0.368 e. The summed E-state index contributed by atoms with van der Waals surface area (Å²) < 4.78 is 0. The van der Waals surface area contributed by atoms with Gasteiger partial charge in [0.2, 0.25) is 0 Å². The minimum atomic E-state index is -0.456. The minimum absolute atomic E-state index is 0.0727. The second-order valence-electron chi connectivity index (χ2n) is 5.84. The van der Waals surface area contributed by atoms with E-state index in [2.05, 4.69) is 4.90 Å². The van der Waals surface area contributed by atoms with E-state index in [-0.39, 0.29) is 17.0 Å². The van der Waals surface area contributed by atoms with Crippen LogP contribution < -0.4 is 4.90 Å². The van der Waals surface area contributed by atoms with E-state index >= 15 is 0 Å². The first kappa shape index (κ1) is 13.1. The number of rotatable bonds is 6. The Morgan fingerprint density at radius 3 is 2.55 bits per heavy atom. The van der Waals surface area contributed by atoms with Crippen LogP contribution in [0.1, 0.15) is 43.0 Å². The zero-order valence-corrected chi connectivity index (χ0v) is 11.5. The maximum atomic E-state index is 11.5. The zero-order chi connectivity index (χ0) is 14.3. The number of carbonyl (C=O) groups excluding carboxylic acids is 1. The molecule has 5 nitrogen and oxygen atoms in total. The van der Waals surface area contributed by atoms with E-state index in [9.17, 15) is 14.9 Å². The Bertz CT molecular complexity index is 562. The van der Waals surface area contributed by atoms with Crippen LogP contribution in [0.2, 0.25) is 0 Å². The molecule has 0 bridgehead atoms. The van der Waals surface area contributed by atoms with Gasteiger partial charge in [0, 0.05) is 24.3 Å². The van der Waals surface area contributed by atoms with Crippen LogP contribution in [0, 0.1) is 16.0 Å². The second kappa shape index (κ2) is 4.89. The standard InChI is InChI=1S/C15H18N2O3/c1-10(18)14-7-6-13(8-15(14)17(19)20)16(12-4-5-12)9-11-2-3-11/h6-8,11-12H,2-5,9H2,1H3. The molecule has 1 aromatic rings. The molecule has 0 saturated heterocycles. The summed E-state index contributed by atoms with van der Waals surface area (Å²) >= 11 is 0. The van der Waals surface area contributed by atoms with Crippen molar-refractivity contribution in [2.45, 2.75) is 38.6 Å². The number of benzene rings is 1. The van der Waals surface area contributed by atoms with Crippen molar-refractivity contribution < 1.29 is 9.72 Å². The predicted octanol–water partition coefficient (Wildman–Crippen LogP) is 3.18. The van der Waals surface area contributed by atoms with E-state index in [1.165, 1.54) is 19.8 Å². The SMILES string of the molecule is CC(=O)c1ccc(N(CC2CC2)C2CC2)cc1[N+](=O)[O-]. The van der Waals surface area contributed by atoms with Gasteiger partial charge in [0.05, 0.1) is 10.5 Å². The predicted molar refractivity (Wildman–Crippen MR) is 76.2 cm³/mol. The van der Waals surface area contributed by atoms with Crippen LogP contribution in [0.15, 0.2) is 18.2 Å². The van der Waals surface area contributed by atoms with Gasteiger partial charge < -0.3 is 4.90 Å². The van der Waals surface area contributed by atoms with Crippen molar-refractivity contribution in [2.24, 2.45) is 5.92 Å². The first-order chi connectivity index (χ1) is 9.56. The quantitative estimate of drug-likeness (QED) is 0.454. The van der Waals surface area contributed by atoms with Crippen LogP contribution >= 0.6 is 0 Å². The molecule has 1 aromatic carbocycles. The van der Waals surface area contributed by atoms with Crippen molar-refractivity contribution >= 4 is 17.2 Å². The number of ketones is 1. The Kier molecular flexibility index (Phi) is 3.20. The highest BCUT2D eigenvalue weighted by Crippen LogP contribution is 2.39. The molecule has 2 fully saturated rings. The average Bonchev–Trinajstić information content (AvgIpc) is 3.26. The number of nitrogens with zero attached hydrogens (tertiary/aromatic N) is 2. The van der Waals surface area contributed by atoms with Gasteiger partial charge in [-0.2, -0.15) is 0 Å². The summed E-state index contributed by atoms with van der Waals surface area (Å²) in [6.07, 6.45) is 4.84. The minimum Gasteiger partial charge on any atom is -0.368 e. The number of hydrogen-bond acceptors (Lipinski definition) is 4. The van der Waals surface area contributed by atoms with E-state index in [0.29, 0.717) is 6.04 Å². The molecule has 5 heteroatoms. The Morgan fingerprint density at radius 1 is 1.35 bits per heavy atom. The van der Waals surface area contributed by atoms with Crippen LogP contribution in [-0.2, 0) is 0 Å². The fourth-order valence-corrected chi connectivity index (χ4v) is 2.58. The molecular weight excluding hydrogens is 256 g/mol. The molecular formula is C15H18N2O3. The van der Waals surface area contributed by atoms with Gasteiger partial charge in [-0.05, 0) is 50.7 Å². The molecule has 0 aliphatic heterocycles. The Labute approximate surface area is 117 Å². The normalized spacial score (nSPS) is 17.9. The second-order valence-corrected chi connectivity index (χ2v) is 5.84. The van der Waals surface area contributed by atoms with Crippen LogP contribution in [0.25, 0.3) is 0 Å². The van der Waals surface area contributed by atoms with Crippen molar-refractivity contribution in [3.05, 3.63) is 33.9 Å². The van der Waals surface area contributed by atoms with Gasteiger partial charge >= 0.3 is 0 Å². The summed E-state index contributed by atoms with van der Waals surface area (Å²) in [4.78, 5) is 24.5. The van der Waals surface area contributed by atoms with E-state index < -0.39 is 4.92 Å². The van der Waals surface area contributed by atoms with Gasteiger partial charge in [0.25, 0.3) is 5.69 Å². The Morgan fingerprint density at radius 2 is 2.05 bits per heavy atom. The molecule has 20 heavy (non-hydrogen) atoms. The zero-order valence-electron chi connectivity index (χ0n) is 11.5. The van der Waals surface area contributed by atoms with Gasteiger partial charge in [0.15, 0.2) is 5.78 Å². The lowest BCUT2D eigenvalue weighted by molar-refractivity contribution is -0.385. The fraction of sp³-hybridized carbons (Fsp3) is 0.533. The summed E-state index contributed by atoms with van der Waals surface area (Å²) in [5.74, 6) is 0.477. The molecule has 2 aliphatic rings.